The summed E-state index contributed by atoms with van der Waals surface area (Å²) in [6, 6.07) is 3.55. The highest BCUT2D eigenvalue weighted by Crippen LogP contribution is 2.40. The van der Waals surface area contributed by atoms with Gasteiger partial charge in [-0.1, -0.05) is 0 Å². The number of likely N-dealkylation sites (tertiary alicyclic amines) is 1. The Bertz CT molecular complexity index is 667. The molecule has 2 saturated heterocycles. The van der Waals surface area contributed by atoms with E-state index in [4.69, 9.17) is 19.4 Å². The fourth-order valence-electron chi connectivity index (χ4n) is 3.64. The first kappa shape index (κ1) is 22.1. The number of piperidine rings is 1. The number of carboxylic acids is 1. The first-order valence-electron chi connectivity index (χ1n) is 8.79. The Hall–Kier alpha value is -2.20. The molecule has 2 aliphatic rings. The number of rotatable bonds is 3. The van der Waals surface area contributed by atoms with Crippen LogP contribution in [-0.2, 0) is 14.3 Å². The Morgan fingerprint density at radius 1 is 1.39 bits per heavy atom. The Kier molecular flexibility index (Phi) is 7.36. The second-order valence-corrected chi connectivity index (χ2v) is 6.81. The van der Waals surface area contributed by atoms with E-state index < -0.39 is 12.1 Å². The van der Waals surface area contributed by atoms with Gasteiger partial charge in [0.2, 0.25) is 0 Å². The van der Waals surface area contributed by atoms with Crippen LogP contribution in [0.1, 0.15) is 29.6 Å². The molecule has 0 spiro atoms. The molecule has 2 atom stereocenters. The number of ether oxygens (including phenoxy) is 2. The molecule has 0 saturated carbocycles. The molecule has 0 aromatic carbocycles. The SMILES string of the molecule is COCC12CCCOC1CCN(C(=O)c1ccncc1)C2.O=C(O)C(F)(F)F. The predicted molar refractivity (Wildman–Crippen MR) is 91.7 cm³/mol. The highest BCUT2D eigenvalue weighted by molar-refractivity contribution is 5.94. The maximum Gasteiger partial charge on any atom is 0.490 e. The second kappa shape index (κ2) is 9.33. The number of aliphatic carboxylic acids is 1. The van der Waals surface area contributed by atoms with E-state index in [9.17, 15) is 18.0 Å². The number of pyridine rings is 1. The highest BCUT2D eigenvalue weighted by atomic mass is 19.4. The summed E-state index contributed by atoms with van der Waals surface area (Å²) >= 11 is 0. The van der Waals surface area contributed by atoms with Crippen molar-refractivity contribution in [3.05, 3.63) is 30.1 Å². The average Bonchev–Trinajstić information content (AvgIpc) is 2.67. The maximum atomic E-state index is 12.6. The molecule has 156 valence electrons. The van der Waals surface area contributed by atoms with E-state index in [-0.39, 0.29) is 17.4 Å². The average molecular weight is 404 g/mol. The number of carboxylic acid groups (broad SMARTS) is 1. The number of halogens is 3. The van der Waals surface area contributed by atoms with Crippen LogP contribution in [0.2, 0.25) is 0 Å². The van der Waals surface area contributed by atoms with E-state index in [1.54, 1.807) is 31.6 Å². The minimum Gasteiger partial charge on any atom is -0.475 e. The summed E-state index contributed by atoms with van der Waals surface area (Å²) in [7, 11) is 1.73. The van der Waals surface area contributed by atoms with Gasteiger partial charge in [-0.15, -0.1) is 0 Å². The van der Waals surface area contributed by atoms with E-state index in [1.165, 1.54) is 0 Å². The molecule has 1 aromatic heterocycles. The molecular formula is C18H23F3N2O5. The lowest BCUT2D eigenvalue weighted by Gasteiger charge is -2.50. The van der Waals surface area contributed by atoms with Gasteiger partial charge in [0.1, 0.15) is 0 Å². The van der Waals surface area contributed by atoms with E-state index in [2.05, 4.69) is 4.98 Å². The van der Waals surface area contributed by atoms with Gasteiger partial charge in [-0.25, -0.2) is 4.79 Å². The molecule has 10 heteroatoms. The number of hydrogen-bond donors (Lipinski definition) is 1. The van der Waals surface area contributed by atoms with Gasteiger partial charge in [0, 0.05) is 50.2 Å². The molecule has 7 nitrogen and oxygen atoms in total. The summed E-state index contributed by atoms with van der Waals surface area (Å²) in [4.78, 5) is 27.4. The van der Waals surface area contributed by atoms with Crippen LogP contribution in [0, 0.1) is 5.41 Å². The second-order valence-electron chi connectivity index (χ2n) is 6.81. The van der Waals surface area contributed by atoms with Gasteiger partial charge < -0.3 is 19.5 Å². The Morgan fingerprint density at radius 3 is 2.61 bits per heavy atom. The van der Waals surface area contributed by atoms with Gasteiger partial charge in [0.05, 0.1) is 12.7 Å². The fourth-order valence-corrected chi connectivity index (χ4v) is 3.64. The van der Waals surface area contributed by atoms with E-state index in [0.29, 0.717) is 18.7 Å². The summed E-state index contributed by atoms with van der Waals surface area (Å²) in [6.07, 6.45) is 1.44. The van der Waals surface area contributed by atoms with Crippen molar-refractivity contribution in [3.63, 3.8) is 0 Å². The molecule has 28 heavy (non-hydrogen) atoms. The van der Waals surface area contributed by atoms with E-state index in [0.717, 1.165) is 32.4 Å². The molecule has 1 aromatic rings. The van der Waals surface area contributed by atoms with Gasteiger partial charge in [-0.3, -0.25) is 9.78 Å². The first-order valence-corrected chi connectivity index (χ1v) is 8.79. The van der Waals surface area contributed by atoms with Gasteiger partial charge in [-0.2, -0.15) is 13.2 Å². The van der Waals surface area contributed by atoms with Crippen LogP contribution in [0.25, 0.3) is 0 Å². The normalized spacial score (nSPS) is 24.6. The minimum absolute atomic E-state index is 0.0477. The van der Waals surface area contributed by atoms with Crippen LogP contribution in [0.4, 0.5) is 13.2 Å². The number of fused-ring (bicyclic) bond motifs is 1. The summed E-state index contributed by atoms with van der Waals surface area (Å²) in [6.45, 7) is 2.94. The van der Waals surface area contributed by atoms with Crippen molar-refractivity contribution < 1.29 is 37.3 Å². The van der Waals surface area contributed by atoms with Crippen molar-refractivity contribution in [2.24, 2.45) is 5.41 Å². The number of amides is 1. The molecule has 0 bridgehead atoms. The predicted octanol–water partition coefficient (Wildman–Crippen LogP) is 2.37. The topological polar surface area (TPSA) is 89.0 Å². The van der Waals surface area contributed by atoms with Gasteiger partial charge in [-0.05, 0) is 31.4 Å². The Labute approximate surface area is 160 Å². The third kappa shape index (κ3) is 5.41. The number of carbonyl (C=O) groups excluding carboxylic acids is 1. The summed E-state index contributed by atoms with van der Waals surface area (Å²) in [5, 5.41) is 7.12. The molecule has 2 fully saturated rings. The lowest BCUT2D eigenvalue weighted by atomic mass is 9.73. The molecule has 0 aliphatic carbocycles. The third-order valence-electron chi connectivity index (χ3n) is 4.88. The van der Waals surface area contributed by atoms with Crippen molar-refractivity contribution >= 4 is 11.9 Å². The summed E-state index contributed by atoms with van der Waals surface area (Å²) < 4.78 is 43.1. The molecular weight excluding hydrogens is 381 g/mol. The molecule has 3 heterocycles. The molecule has 1 N–H and O–H groups in total. The number of aromatic nitrogens is 1. The number of carbonyl (C=O) groups is 2. The molecule has 1 amide bonds. The lowest BCUT2D eigenvalue weighted by molar-refractivity contribution is -0.192. The molecule has 0 radical (unpaired) electrons. The fraction of sp³-hybridized carbons (Fsp3) is 0.611. The number of alkyl halides is 3. The van der Waals surface area contributed by atoms with Gasteiger partial charge in [0.15, 0.2) is 0 Å². The van der Waals surface area contributed by atoms with E-state index in [1.807, 2.05) is 4.90 Å². The van der Waals surface area contributed by atoms with Crippen molar-refractivity contribution in [1.29, 1.82) is 0 Å². The largest absolute Gasteiger partial charge is 0.490 e. The number of methoxy groups -OCH3 is 1. The zero-order chi connectivity index (χ0) is 20.8. The van der Waals surface area contributed by atoms with E-state index >= 15 is 0 Å². The highest BCUT2D eigenvalue weighted by Gasteiger charge is 2.47. The van der Waals surface area contributed by atoms with Crippen LogP contribution < -0.4 is 0 Å². The maximum absolute atomic E-state index is 12.6. The zero-order valence-electron chi connectivity index (χ0n) is 15.4. The summed E-state index contributed by atoms with van der Waals surface area (Å²) in [5.41, 5.74) is 0.654. The Morgan fingerprint density at radius 2 is 2.04 bits per heavy atom. The molecule has 2 unspecified atom stereocenters. The van der Waals surface area contributed by atoms with Crippen LogP contribution in [0.15, 0.2) is 24.5 Å². The first-order chi connectivity index (χ1) is 13.2. The number of hydrogen-bond acceptors (Lipinski definition) is 5. The monoisotopic (exact) mass is 404 g/mol. The third-order valence-corrected chi connectivity index (χ3v) is 4.88. The van der Waals surface area contributed by atoms with Crippen molar-refractivity contribution in [2.75, 3.05) is 33.4 Å². The van der Waals surface area contributed by atoms with Crippen molar-refractivity contribution in [1.82, 2.24) is 9.88 Å². The van der Waals surface area contributed by atoms with Crippen molar-refractivity contribution in [3.8, 4) is 0 Å². The van der Waals surface area contributed by atoms with Crippen LogP contribution in [0.5, 0.6) is 0 Å². The lowest BCUT2D eigenvalue weighted by Crippen LogP contribution is -2.58. The molecule has 2 aliphatic heterocycles. The number of nitrogens with zero attached hydrogens (tertiary/aromatic N) is 2. The smallest absolute Gasteiger partial charge is 0.475 e. The molecule has 3 rings (SSSR count). The zero-order valence-corrected chi connectivity index (χ0v) is 15.4. The standard InChI is InChI=1S/C16H22N2O3.C2HF3O2/c1-20-12-16-6-2-10-21-14(16)5-9-18(11-16)15(19)13-3-7-17-8-4-13;3-2(4,5)1(6)7/h3-4,7-8,14H,2,5-6,9-12H2,1H3;(H,6,7). The summed E-state index contributed by atoms with van der Waals surface area (Å²) in [5.74, 6) is -2.68. The van der Waals surface area contributed by atoms with Crippen molar-refractivity contribution in [2.45, 2.75) is 31.5 Å². The van der Waals surface area contributed by atoms with Crippen LogP contribution >= 0.6 is 0 Å². The quantitative estimate of drug-likeness (QED) is 0.832. The van der Waals surface area contributed by atoms with Gasteiger partial charge in [0.25, 0.3) is 5.91 Å². The minimum atomic E-state index is -5.08. The Balaban J connectivity index is 0.000000345. The van der Waals surface area contributed by atoms with Gasteiger partial charge >= 0.3 is 12.1 Å². The van der Waals surface area contributed by atoms with Crippen LogP contribution in [0.3, 0.4) is 0 Å². The van der Waals surface area contributed by atoms with Crippen LogP contribution in [-0.4, -0.2) is 72.6 Å².